The molecule has 0 spiro atoms. The number of rotatable bonds is 8. The Hall–Kier alpha value is -1.03. The number of aliphatic imine (C=N–C) groups is 1. The molecule has 25 heavy (non-hydrogen) atoms. The molecule has 8 heteroatoms. The zero-order chi connectivity index (χ0) is 18.0. The van der Waals surface area contributed by atoms with Gasteiger partial charge in [0.15, 0.2) is 5.96 Å². The zero-order valence-corrected chi connectivity index (χ0v) is 17.3. The lowest BCUT2D eigenvalue weighted by Gasteiger charge is -2.18. The Morgan fingerprint density at radius 3 is 2.56 bits per heavy atom. The first-order chi connectivity index (χ1) is 11.3. The van der Waals surface area contributed by atoms with E-state index in [1.54, 1.807) is 0 Å². The third-order valence-corrected chi connectivity index (χ3v) is 3.30. The van der Waals surface area contributed by atoms with E-state index < -0.39 is 12.7 Å². The standard InChI is InChI=1S/C17H27F3N4.HI/c1-4-21-16(23-12-15-8-5-7-14(2)11-15)22-9-6-10-24(3)13-17(18,19)20;/h5,7-8,11H,4,6,9-10,12-13H2,1-3H3,(H2,21,22,23);1H. The lowest BCUT2D eigenvalue weighted by atomic mass is 10.1. The molecule has 0 amide bonds. The van der Waals surface area contributed by atoms with Crippen LogP contribution in [-0.4, -0.2) is 50.3 Å². The summed E-state index contributed by atoms with van der Waals surface area (Å²) in [5, 5.41) is 6.29. The first-order valence-electron chi connectivity index (χ1n) is 8.13. The summed E-state index contributed by atoms with van der Waals surface area (Å²) in [4.78, 5) is 5.78. The second kappa shape index (κ2) is 12.3. The molecule has 0 radical (unpaired) electrons. The number of nitrogens with one attached hydrogen (secondary N) is 2. The summed E-state index contributed by atoms with van der Waals surface area (Å²) >= 11 is 0. The van der Waals surface area contributed by atoms with E-state index in [-0.39, 0.29) is 24.0 Å². The Kier molecular flexibility index (Phi) is 11.8. The fourth-order valence-electron chi connectivity index (χ4n) is 2.26. The maximum Gasteiger partial charge on any atom is 0.401 e. The van der Waals surface area contributed by atoms with Gasteiger partial charge in [-0.05, 0) is 39.4 Å². The lowest BCUT2D eigenvalue weighted by molar-refractivity contribution is -0.143. The van der Waals surface area contributed by atoms with E-state index in [0.717, 1.165) is 12.1 Å². The molecule has 0 aliphatic heterocycles. The van der Waals surface area contributed by atoms with E-state index in [1.165, 1.54) is 17.5 Å². The minimum Gasteiger partial charge on any atom is -0.357 e. The van der Waals surface area contributed by atoms with Gasteiger partial charge in [0.1, 0.15) is 0 Å². The van der Waals surface area contributed by atoms with E-state index in [2.05, 4.69) is 21.7 Å². The molecular weight excluding hydrogens is 444 g/mol. The molecular formula is C17H28F3IN4. The van der Waals surface area contributed by atoms with Crippen molar-refractivity contribution < 1.29 is 13.2 Å². The van der Waals surface area contributed by atoms with Crippen LogP contribution >= 0.6 is 24.0 Å². The minimum absolute atomic E-state index is 0. The predicted octanol–water partition coefficient (Wildman–Crippen LogP) is 3.55. The quantitative estimate of drug-likeness (QED) is 0.263. The third-order valence-electron chi connectivity index (χ3n) is 3.30. The van der Waals surface area contributed by atoms with Gasteiger partial charge in [0.2, 0.25) is 0 Å². The summed E-state index contributed by atoms with van der Waals surface area (Å²) in [5.41, 5.74) is 2.31. The van der Waals surface area contributed by atoms with Gasteiger partial charge in [0.25, 0.3) is 0 Å². The molecule has 0 saturated carbocycles. The number of hydrogen-bond donors (Lipinski definition) is 2. The van der Waals surface area contributed by atoms with Gasteiger partial charge in [-0.3, -0.25) is 4.90 Å². The molecule has 4 nitrogen and oxygen atoms in total. The van der Waals surface area contributed by atoms with Crippen LogP contribution < -0.4 is 10.6 Å². The Balaban J connectivity index is 0.00000576. The maximum absolute atomic E-state index is 12.2. The number of hydrogen-bond acceptors (Lipinski definition) is 2. The van der Waals surface area contributed by atoms with Crippen molar-refractivity contribution in [2.45, 2.75) is 33.0 Å². The molecule has 1 aromatic carbocycles. The highest BCUT2D eigenvalue weighted by molar-refractivity contribution is 14.0. The van der Waals surface area contributed by atoms with Crippen LogP contribution in [-0.2, 0) is 6.54 Å². The van der Waals surface area contributed by atoms with Crippen molar-refractivity contribution in [3.8, 4) is 0 Å². The van der Waals surface area contributed by atoms with E-state index in [1.807, 2.05) is 32.0 Å². The summed E-state index contributed by atoms with van der Waals surface area (Å²) < 4.78 is 36.7. The van der Waals surface area contributed by atoms with E-state index in [9.17, 15) is 13.2 Å². The summed E-state index contributed by atoms with van der Waals surface area (Å²) in [6.45, 7) is 5.37. The van der Waals surface area contributed by atoms with E-state index in [4.69, 9.17) is 0 Å². The number of aryl methyl sites for hydroxylation is 1. The molecule has 0 heterocycles. The van der Waals surface area contributed by atoms with Crippen LogP contribution in [0, 0.1) is 6.92 Å². The highest BCUT2D eigenvalue weighted by Gasteiger charge is 2.28. The first kappa shape index (κ1) is 24.0. The monoisotopic (exact) mass is 472 g/mol. The van der Waals surface area contributed by atoms with Gasteiger partial charge in [-0.15, -0.1) is 24.0 Å². The smallest absolute Gasteiger partial charge is 0.357 e. The van der Waals surface area contributed by atoms with Gasteiger partial charge < -0.3 is 10.6 Å². The van der Waals surface area contributed by atoms with Gasteiger partial charge in [-0.2, -0.15) is 13.2 Å². The number of benzene rings is 1. The van der Waals surface area contributed by atoms with Crippen LogP contribution in [0.3, 0.4) is 0 Å². The van der Waals surface area contributed by atoms with Gasteiger partial charge in [-0.25, -0.2) is 4.99 Å². The zero-order valence-electron chi connectivity index (χ0n) is 15.0. The van der Waals surface area contributed by atoms with Crippen LogP contribution in [0.15, 0.2) is 29.3 Å². The highest BCUT2D eigenvalue weighted by Crippen LogP contribution is 2.15. The Bertz CT molecular complexity index is 521. The fourth-order valence-corrected chi connectivity index (χ4v) is 2.26. The third kappa shape index (κ3) is 12.0. The van der Waals surface area contributed by atoms with Gasteiger partial charge in [0.05, 0.1) is 13.1 Å². The Morgan fingerprint density at radius 2 is 1.96 bits per heavy atom. The highest BCUT2D eigenvalue weighted by atomic mass is 127. The molecule has 144 valence electrons. The van der Waals surface area contributed by atoms with Gasteiger partial charge in [-0.1, -0.05) is 29.8 Å². The molecule has 0 aliphatic rings. The fraction of sp³-hybridized carbons (Fsp3) is 0.588. The van der Waals surface area contributed by atoms with Crippen LogP contribution in [0.4, 0.5) is 13.2 Å². The van der Waals surface area contributed by atoms with Gasteiger partial charge in [0, 0.05) is 13.1 Å². The van der Waals surface area contributed by atoms with Crippen LogP contribution in [0.5, 0.6) is 0 Å². The van der Waals surface area contributed by atoms with Crippen molar-refractivity contribution >= 4 is 29.9 Å². The van der Waals surface area contributed by atoms with Crippen molar-refractivity contribution in [1.29, 1.82) is 0 Å². The Labute approximate surface area is 165 Å². The molecule has 0 saturated heterocycles. The number of nitrogens with zero attached hydrogens (tertiary/aromatic N) is 2. The molecule has 0 atom stereocenters. The topological polar surface area (TPSA) is 39.7 Å². The van der Waals surface area contributed by atoms with Crippen LogP contribution in [0.1, 0.15) is 24.5 Å². The largest absolute Gasteiger partial charge is 0.401 e. The van der Waals surface area contributed by atoms with Crippen molar-refractivity contribution in [3.63, 3.8) is 0 Å². The predicted molar refractivity (Wildman–Crippen MR) is 108 cm³/mol. The second-order valence-electron chi connectivity index (χ2n) is 5.82. The molecule has 0 aromatic heterocycles. The lowest BCUT2D eigenvalue weighted by Crippen LogP contribution is -2.39. The second-order valence-corrected chi connectivity index (χ2v) is 5.82. The molecule has 0 fully saturated rings. The molecule has 0 aliphatic carbocycles. The van der Waals surface area contributed by atoms with Crippen molar-refractivity contribution in [2.24, 2.45) is 4.99 Å². The van der Waals surface area contributed by atoms with Crippen molar-refractivity contribution in [1.82, 2.24) is 15.5 Å². The summed E-state index contributed by atoms with van der Waals surface area (Å²) in [6, 6.07) is 8.14. The summed E-state index contributed by atoms with van der Waals surface area (Å²) in [6.07, 6.45) is -3.53. The van der Waals surface area contributed by atoms with Crippen LogP contribution in [0.25, 0.3) is 0 Å². The van der Waals surface area contributed by atoms with Crippen LogP contribution in [0.2, 0.25) is 0 Å². The summed E-state index contributed by atoms with van der Waals surface area (Å²) in [7, 11) is 1.48. The van der Waals surface area contributed by atoms with Crippen molar-refractivity contribution in [2.75, 3.05) is 33.2 Å². The minimum atomic E-state index is -4.15. The average molecular weight is 472 g/mol. The average Bonchev–Trinajstić information content (AvgIpc) is 2.47. The first-order valence-corrected chi connectivity index (χ1v) is 8.13. The molecule has 1 aromatic rings. The molecule has 1 rings (SSSR count). The van der Waals surface area contributed by atoms with E-state index >= 15 is 0 Å². The van der Waals surface area contributed by atoms with Crippen molar-refractivity contribution in [3.05, 3.63) is 35.4 Å². The van der Waals surface area contributed by atoms with E-state index in [0.29, 0.717) is 32.0 Å². The number of guanidine groups is 1. The molecule has 0 bridgehead atoms. The van der Waals surface area contributed by atoms with Gasteiger partial charge >= 0.3 is 6.18 Å². The Morgan fingerprint density at radius 1 is 1.24 bits per heavy atom. The number of alkyl halides is 3. The molecule has 0 unspecified atom stereocenters. The number of halogens is 4. The summed E-state index contributed by atoms with van der Waals surface area (Å²) in [5.74, 6) is 0.678. The SMILES string of the molecule is CCNC(=NCc1cccc(C)c1)NCCCN(C)CC(F)(F)F.I. The maximum atomic E-state index is 12.2. The molecule has 2 N–H and O–H groups in total. The normalized spacial score (nSPS) is 12.0.